The monoisotopic (exact) mass is 368 g/mol. The van der Waals surface area contributed by atoms with E-state index < -0.39 is 0 Å². The molecule has 0 saturated carbocycles. The third kappa shape index (κ3) is 3.37. The lowest BCUT2D eigenvalue weighted by molar-refractivity contribution is 0.0931. The van der Waals surface area contributed by atoms with Crippen molar-refractivity contribution in [3.05, 3.63) is 48.4 Å². The summed E-state index contributed by atoms with van der Waals surface area (Å²) in [6.45, 7) is 3.42. The maximum Gasteiger partial charge on any atom is 0.409 e. The SMILES string of the molecule is CCOC(=O)N1CCC(n2c(-c3ccccn3)nc3cc(F)ccc32)CC1. The topological polar surface area (TPSA) is 60.2 Å². The summed E-state index contributed by atoms with van der Waals surface area (Å²) in [5.74, 6) is 0.419. The molecule has 1 saturated heterocycles. The van der Waals surface area contributed by atoms with E-state index in [9.17, 15) is 9.18 Å². The summed E-state index contributed by atoms with van der Waals surface area (Å²) in [6, 6.07) is 10.5. The first-order valence-electron chi connectivity index (χ1n) is 9.18. The quantitative estimate of drug-likeness (QED) is 0.700. The van der Waals surface area contributed by atoms with E-state index in [2.05, 4.69) is 14.5 Å². The Bertz CT molecular complexity index is 949. The summed E-state index contributed by atoms with van der Waals surface area (Å²) in [7, 11) is 0. The molecule has 3 heterocycles. The van der Waals surface area contributed by atoms with Crippen LogP contribution in [0.1, 0.15) is 25.8 Å². The van der Waals surface area contributed by atoms with Crippen LogP contribution in [-0.2, 0) is 4.74 Å². The van der Waals surface area contributed by atoms with Crippen molar-refractivity contribution in [2.75, 3.05) is 19.7 Å². The van der Waals surface area contributed by atoms with Gasteiger partial charge in [-0.05, 0) is 44.0 Å². The van der Waals surface area contributed by atoms with Gasteiger partial charge in [0.1, 0.15) is 11.5 Å². The van der Waals surface area contributed by atoms with E-state index in [1.54, 1.807) is 24.1 Å². The van der Waals surface area contributed by atoms with Crippen LogP contribution >= 0.6 is 0 Å². The molecule has 3 aromatic rings. The largest absolute Gasteiger partial charge is 0.450 e. The molecule has 0 aliphatic carbocycles. The minimum absolute atomic E-state index is 0.156. The van der Waals surface area contributed by atoms with Crippen LogP contribution in [0.5, 0.6) is 0 Å². The van der Waals surface area contributed by atoms with Crippen molar-refractivity contribution in [3.63, 3.8) is 0 Å². The minimum Gasteiger partial charge on any atom is -0.450 e. The standard InChI is InChI=1S/C20H21FN4O2/c1-2-27-20(26)24-11-8-15(9-12-24)25-18-7-6-14(21)13-17(18)23-19(25)16-5-3-4-10-22-16/h3-7,10,13,15H,2,8-9,11-12H2,1H3. The number of pyridine rings is 1. The van der Waals surface area contributed by atoms with Gasteiger partial charge in [0.15, 0.2) is 5.82 Å². The number of hydrogen-bond acceptors (Lipinski definition) is 4. The minimum atomic E-state index is -0.308. The number of halogens is 1. The Morgan fingerprint density at radius 1 is 1.26 bits per heavy atom. The van der Waals surface area contributed by atoms with Crippen molar-refractivity contribution in [2.24, 2.45) is 0 Å². The third-order valence-corrected chi connectivity index (χ3v) is 4.90. The molecule has 140 valence electrons. The maximum absolute atomic E-state index is 13.7. The number of likely N-dealkylation sites (tertiary alicyclic amines) is 1. The summed E-state index contributed by atoms with van der Waals surface area (Å²) in [6.07, 6.45) is 3.02. The molecule has 0 spiro atoms. The Morgan fingerprint density at radius 3 is 2.78 bits per heavy atom. The number of imidazole rings is 1. The van der Waals surface area contributed by atoms with Gasteiger partial charge < -0.3 is 14.2 Å². The third-order valence-electron chi connectivity index (χ3n) is 4.90. The van der Waals surface area contributed by atoms with E-state index in [4.69, 9.17) is 4.74 Å². The highest BCUT2D eigenvalue weighted by molar-refractivity contribution is 5.80. The Balaban J connectivity index is 1.70. The normalized spacial score (nSPS) is 15.3. The van der Waals surface area contributed by atoms with E-state index in [-0.39, 0.29) is 18.0 Å². The fourth-order valence-corrected chi connectivity index (χ4v) is 3.64. The molecule has 2 aromatic heterocycles. The number of amides is 1. The molecule has 0 bridgehead atoms. The molecule has 0 radical (unpaired) electrons. The average Bonchev–Trinajstić information content (AvgIpc) is 3.07. The fourth-order valence-electron chi connectivity index (χ4n) is 3.64. The Hall–Kier alpha value is -2.96. The molecular formula is C20H21FN4O2. The number of piperidine rings is 1. The van der Waals surface area contributed by atoms with Crippen LogP contribution in [-0.4, -0.2) is 45.2 Å². The number of fused-ring (bicyclic) bond motifs is 1. The molecule has 1 fully saturated rings. The van der Waals surface area contributed by atoms with Gasteiger partial charge in [-0.25, -0.2) is 14.2 Å². The second-order valence-electron chi connectivity index (χ2n) is 6.57. The number of hydrogen-bond donors (Lipinski definition) is 0. The lowest BCUT2D eigenvalue weighted by Gasteiger charge is -2.32. The van der Waals surface area contributed by atoms with Crippen LogP contribution in [0.15, 0.2) is 42.6 Å². The zero-order valence-corrected chi connectivity index (χ0v) is 15.1. The van der Waals surface area contributed by atoms with Crippen molar-refractivity contribution in [1.82, 2.24) is 19.4 Å². The molecule has 7 heteroatoms. The summed E-state index contributed by atoms with van der Waals surface area (Å²) < 4.78 is 21.0. The number of aromatic nitrogens is 3. The molecule has 6 nitrogen and oxygen atoms in total. The van der Waals surface area contributed by atoms with Gasteiger partial charge in [-0.15, -0.1) is 0 Å². The van der Waals surface area contributed by atoms with Gasteiger partial charge in [0, 0.05) is 31.4 Å². The van der Waals surface area contributed by atoms with Crippen LogP contribution in [0.3, 0.4) is 0 Å². The molecule has 1 aliphatic heterocycles. The van der Waals surface area contributed by atoms with Crippen molar-refractivity contribution >= 4 is 17.1 Å². The highest BCUT2D eigenvalue weighted by Gasteiger charge is 2.28. The first-order valence-corrected chi connectivity index (χ1v) is 9.18. The smallest absolute Gasteiger partial charge is 0.409 e. The van der Waals surface area contributed by atoms with Gasteiger partial charge >= 0.3 is 6.09 Å². The van der Waals surface area contributed by atoms with Crippen LogP contribution in [0.25, 0.3) is 22.6 Å². The molecule has 27 heavy (non-hydrogen) atoms. The van der Waals surface area contributed by atoms with Gasteiger partial charge in [-0.1, -0.05) is 6.07 Å². The predicted octanol–water partition coefficient (Wildman–Crippen LogP) is 4.03. The van der Waals surface area contributed by atoms with E-state index >= 15 is 0 Å². The molecule has 0 unspecified atom stereocenters. The predicted molar refractivity (Wildman–Crippen MR) is 99.8 cm³/mol. The van der Waals surface area contributed by atoms with E-state index in [0.717, 1.165) is 29.9 Å². The fraction of sp³-hybridized carbons (Fsp3) is 0.350. The Kier molecular flexibility index (Phi) is 4.75. The number of carbonyl (C=O) groups is 1. The second kappa shape index (κ2) is 7.34. The molecule has 1 amide bonds. The molecule has 1 aromatic carbocycles. The van der Waals surface area contributed by atoms with Gasteiger partial charge in [-0.2, -0.15) is 0 Å². The first-order chi connectivity index (χ1) is 13.2. The van der Waals surface area contributed by atoms with E-state index in [1.165, 1.54) is 12.1 Å². The van der Waals surface area contributed by atoms with E-state index in [0.29, 0.717) is 25.2 Å². The summed E-state index contributed by atoms with van der Waals surface area (Å²) in [4.78, 5) is 22.8. The highest BCUT2D eigenvalue weighted by atomic mass is 19.1. The summed E-state index contributed by atoms with van der Waals surface area (Å²) in [5.41, 5.74) is 2.25. The van der Waals surface area contributed by atoms with Gasteiger partial charge in [-0.3, -0.25) is 4.98 Å². The van der Waals surface area contributed by atoms with Crippen molar-refractivity contribution in [3.8, 4) is 11.5 Å². The highest BCUT2D eigenvalue weighted by Crippen LogP contribution is 2.33. The van der Waals surface area contributed by atoms with Crippen LogP contribution in [0.2, 0.25) is 0 Å². The van der Waals surface area contributed by atoms with Crippen molar-refractivity contribution < 1.29 is 13.9 Å². The number of ether oxygens (including phenoxy) is 1. The maximum atomic E-state index is 13.7. The first kappa shape index (κ1) is 17.5. The molecule has 4 rings (SSSR count). The zero-order chi connectivity index (χ0) is 18.8. The van der Waals surface area contributed by atoms with Crippen LogP contribution in [0, 0.1) is 5.82 Å². The summed E-state index contributed by atoms with van der Waals surface area (Å²) >= 11 is 0. The van der Waals surface area contributed by atoms with Gasteiger partial charge in [0.05, 0.1) is 17.6 Å². The number of carbonyl (C=O) groups excluding carboxylic acids is 1. The van der Waals surface area contributed by atoms with Crippen LogP contribution in [0.4, 0.5) is 9.18 Å². The average molecular weight is 368 g/mol. The second-order valence-corrected chi connectivity index (χ2v) is 6.57. The number of nitrogens with zero attached hydrogens (tertiary/aromatic N) is 4. The lowest BCUT2D eigenvalue weighted by atomic mass is 10.0. The molecule has 0 N–H and O–H groups in total. The summed E-state index contributed by atoms with van der Waals surface area (Å²) in [5, 5.41) is 0. The molecular weight excluding hydrogens is 347 g/mol. The van der Waals surface area contributed by atoms with Crippen molar-refractivity contribution in [1.29, 1.82) is 0 Å². The van der Waals surface area contributed by atoms with Gasteiger partial charge in [0.25, 0.3) is 0 Å². The number of rotatable bonds is 3. The van der Waals surface area contributed by atoms with Gasteiger partial charge in [0.2, 0.25) is 0 Å². The Labute approximate surface area is 156 Å². The zero-order valence-electron chi connectivity index (χ0n) is 15.1. The Morgan fingerprint density at radius 2 is 2.07 bits per heavy atom. The van der Waals surface area contributed by atoms with E-state index in [1.807, 2.05) is 18.2 Å². The molecule has 0 atom stereocenters. The van der Waals surface area contributed by atoms with Crippen LogP contribution < -0.4 is 0 Å². The number of benzene rings is 1. The molecule has 1 aliphatic rings. The van der Waals surface area contributed by atoms with Crippen molar-refractivity contribution in [2.45, 2.75) is 25.8 Å². The lowest BCUT2D eigenvalue weighted by Crippen LogP contribution is -2.39.